The monoisotopic (exact) mass is 258 g/mol. The van der Waals surface area contributed by atoms with Crippen molar-refractivity contribution in [2.24, 2.45) is 0 Å². The van der Waals surface area contributed by atoms with E-state index in [-0.39, 0.29) is 0 Å². The lowest BCUT2D eigenvalue weighted by molar-refractivity contribution is -0.147. The predicted molar refractivity (Wildman–Crippen MR) is 70.8 cm³/mol. The highest BCUT2D eigenvalue weighted by Gasteiger charge is 2.42. The molecule has 0 aromatic carbocycles. The number of nitrogens with one attached hydrogen (secondary N) is 1. The normalized spacial score (nSPS) is 28.6. The highest BCUT2D eigenvalue weighted by atomic mass is 16.5. The Morgan fingerprint density at radius 3 is 2.83 bits per heavy atom. The van der Waals surface area contributed by atoms with E-state index in [2.05, 4.69) is 17.1 Å². The highest BCUT2D eigenvalue weighted by Crippen LogP contribution is 2.31. The van der Waals surface area contributed by atoms with Gasteiger partial charge in [0.2, 0.25) is 0 Å². The Morgan fingerprint density at radius 1 is 1.61 bits per heavy atom. The lowest BCUT2D eigenvalue weighted by Gasteiger charge is -2.42. The second-order valence-electron chi connectivity index (χ2n) is 5.01. The van der Waals surface area contributed by atoms with E-state index in [1.165, 1.54) is 0 Å². The van der Waals surface area contributed by atoms with Gasteiger partial charge in [0.05, 0.1) is 6.61 Å². The zero-order valence-electron chi connectivity index (χ0n) is 11.7. The van der Waals surface area contributed by atoms with E-state index in [0.29, 0.717) is 19.1 Å². The number of nitrogens with zero attached hydrogens (tertiary/aromatic N) is 1. The zero-order valence-corrected chi connectivity index (χ0v) is 11.7. The summed E-state index contributed by atoms with van der Waals surface area (Å²) >= 11 is 0. The van der Waals surface area contributed by atoms with Crippen LogP contribution in [0.4, 0.5) is 0 Å². The molecule has 0 heterocycles. The number of aliphatic carboxylic acids is 1. The van der Waals surface area contributed by atoms with E-state index in [9.17, 15) is 9.90 Å². The molecule has 2 N–H and O–H groups in total. The lowest BCUT2D eigenvalue weighted by Crippen LogP contribution is -2.57. The van der Waals surface area contributed by atoms with Gasteiger partial charge in [0, 0.05) is 19.7 Å². The number of ether oxygens (including phenoxy) is 1. The summed E-state index contributed by atoms with van der Waals surface area (Å²) in [5.74, 6) is -0.725. The molecular weight excluding hydrogens is 232 g/mol. The first-order chi connectivity index (χ1) is 8.59. The molecule has 1 aliphatic rings. The molecule has 18 heavy (non-hydrogen) atoms. The molecule has 0 aromatic heterocycles. The second-order valence-corrected chi connectivity index (χ2v) is 5.01. The molecule has 5 heteroatoms. The van der Waals surface area contributed by atoms with Crippen LogP contribution >= 0.6 is 0 Å². The van der Waals surface area contributed by atoms with Gasteiger partial charge in [0.25, 0.3) is 0 Å². The smallest absolute Gasteiger partial charge is 0.323 e. The van der Waals surface area contributed by atoms with Gasteiger partial charge in [0.15, 0.2) is 0 Å². The topological polar surface area (TPSA) is 61.8 Å². The third kappa shape index (κ3) is 3.43. The molecule has 0 spiro atoms. The number of hydrogen-bond acceptors (Lipinski definition) is 4. The summed E-state index contributed by atoms with van der Waals surface area (Å²) in [7, 11) is 3.45. The van der Waals surface area contributed by atoms with Gasteiger partial charge in [-0.3, -0.25) is 9.69 Å². The minimum Gasteiger partial charge on any atom is -0.480 e. The van der Waals surface area contributed by atoms with Crippen LogP contribution in [-0.4, -0.2) is 61.4 Å². The van der Waals surface area contributed by atoms with Gasteiger partial charge in [-0.25, -0.2) is 0 Å². The molecule has 0 aromatic rings. The van der Waals surface area contributed by atoms with Crippen molar-refractivity contribution in [3.8, 4) is 0 Å². The average Bonchev–Trinajstić information content (AvgIpc) is 2.39. The molecule has 2 atom stereocenters. The average molecular weight is 258 g/mol. The van der Waals surface area contributed by atoms with Crippen LogP contribution in [0.5, 0.6) is 0 Å². The second kappa shape index (κ2) is 7.07. The largest absolute Gasteiger partial charge is 0.480 e. The van der Waals surface area contributed by atoms with Gasteiger partial charge in [-0.1, -0.05) is 6.92 Å². The summed E-state index contributed by atoms with van der Waals surface area (Å²) in [6.07, 6.45) is 3.43. The van der Waals surface area contributed by atoms with Crippen molar-refractivity contribution < 1.29 is 14.6 Å². The quantitative estimate of drug-likeness (QED) is 0.711. The molecule has 0 bridgehead atoms. The number of likely N-dealkylation sites (N-methyl/N-ethyl adjacent to an activating group) is 2. The summed E-state index contributed by atoms with van der Waals surface area (Å²) in [5.41, 5.74) is -0.747. The Hall–Kier alpha value is -0.650. The van der Waals surface area contributed by atoms with Crippen molar-refractivity contribution in [3.05, 3.63) is 0 Å². The van der Waals surface area contributed by atoms with Crippen molar-refractivity contribution in [1.29, 1.82) is 0 Å². The molecule has 1 saturated carbocycles. The first kappa shape index (κ1) is 15.4. The van der Waals surface area contributed by atoms with Crippen LogP contribution in [0.1, 0.15) is 32.6 Å². The van der Waals surface area contributed by atoms with Crippen molar-refractivity contribution in [1.82, 2.24) is 10.2 Å². The van der Waals surface area contributed by atoms with Crippen LogP contribution in [-0.2, 0) is 9.53 Å². The third-order valence-corrected chi connectivity index (χ3v) is 4.12. The van der Waals surface area contributed by atoms with E-state index in [0.717, 1.165) is 32.4 Å². The number of methoxy groups -OCH3 is 1. The Kier molecular flexibility index (Phi) is 6.05. The molecule has 0 aliphatic heterocycles. The fourth-order valence-corrected chi connectivity index (χ4v) is 2.89. The van der Waals surface area contributed by atoms with Gasteiger partial charge in [0.1, 0.15) is 5.54 Å². The Balaban J connectivity index is 2.68. The van der Waals surface area contributed by atoms with E-state index >= 15 is 0 Å². The molecule has 0 radical (unpaired) electrons. The van der Waals surface area contributed by atoms with Gasteiger partial charge < -0.3 is 15.2 Å². The fourth-order valence-electron chi connectivity index (χ4n) is 2.89. The number of rotatable bonds is 7. The zero-order chi connectivity index (χ0) is 13.6. The summed E-state index contributed by atoms with van der Waals surface area (Å²) in [4.78, 5) is 13.8. The van der Waals surface area contributed by atoms with Crippen LogP contribution in [0.15, 0.2) is 0 Å². The van der Waals surface area contributed by atoms with Crippen LogP contribution in [0.2, 0.25) is 0 Å². The van der Waals surface area contributed by atoms with Crippen LogP contribution in [0.25, 0.3) is 0 Å². The number of carboxylic acids is 1. The minimum absolute atomic E-state index is 0.336. The lowest BCUT2D eigenvalue weighted by atomic mass is 9.78. The van der Waals surface area contributed by atoms with Gasteiger partial charge in [-0.2, -0.15) is 0 Å². The highest BCUT2D eigenvalue weighted by molar-refractivity contribution is 5.79. The first-order valence-electron chi connectivity index (χ1n) is 6.75. The van der Waals surface area contributed by atoms with Gasteiger partial charge in [-0.05, 0) is 39.3 Å². The Bertz CT molecular complexity index is 273. The number of carboxylic acid groups (broad SMARTS) is 1. The molecular formula is C13H26N2O3. The SMILES string of the molecule is CCN(CCOC)C1CCCC(NC)(C(=O)O)C1. The summed E-state index contributed by atoms with van der Waals surface area (Å²) in [6.45, 7) is 4.63. The van der Waals surface area contributed by atoms with Crippen molar-refractivity contribution >= 4 is 5.97 Å². The molecule has 2 unspecified atom stereocenters. The molecule has 0 amide bonds. The molecule has 1 rings (SSSR count). The van der Waals surface area contributed by atoms with Crippen molar-refractivity contribution in [3.63, 3.8) is 0 Å². The summed E-state index contributed by atoms with van der Waals surface area (Å²) in [5, 5.41) is 12.5. The Morgan fingerprint density at radius 2 is 2.33 bits per heavy atom. The fraction of sp³-hybridized carbons (Fsp3) is 0.923. The Labute approximate surface area is 109 Å². The van der Waals surface area contributed by atoms with E-state index in [4.69, 9.17) is 4.74 Å². The van der Waals surface area contributed by atoms with Gasteiger partial charge in [-0.15, -0.1) is 0 Å². The van der Waals surface area contributed by atoms with E-state index in [1.54, 1.807) is 14.2 Å². The van der Waals surface area contributed by atoms with Crippen molar-refractivity contribution in [2.45, 2.75) is 44.2 Å². The third-order valence-electron chi connectivity index (χ3n) is 4.12. The van der Waals surface area contributed by atoms with Gasteiger partial charge >= 0.3 is 5.97 Å². The molecule has 106 valence electrons. The summed E-state index contributed by atoms with van der Waals surface area (Å²) < 4.78 is 5.12. The summed E-state index contributed by atoms with van der Waals surface area (Å²) in [6, 6.07) is 0.336. The first-order valence-corrected chi connectivity index (χ1v) is 6.75. The maximum atomic E-state index is 11.5. The van der Waals surface area contributed by atoms with E-state index < -0.39 is 11.5 Å². The number of carbonyl (C=O) groups is 1. The number of hydrogen-bond donors (Lipinski definition) is 2. The predicted octanol–water partition coefficient (Wildman–Crippen LogP) is 0.940. The van der Waals surface area contributed by atoms with Crippen LogP contribution in [0, 0.1) is 0 Å². The van der Waals surface area contributed by atoms with Crippen LogP contribution < -0.4 is 5.32 Å². The van der Waals surface area contributed by atoms with Crippen molar-refractivity contribution in [2.75, 3.05) is 33.9 Å². The molecule has 1 fully saturated rings. The molecule has 0 saturated heterocycles. The minimum atomic E-state index is -0.747. The van der Waals surface area contributed by atoms with Crippen LogP contribution in [0.3, 0.4) is 0 Å². The molecule has 5 nitrogen and oxygen atoms in total. The van der Waals surface area contributed by atoms with E-state index in [1.807, 2.05) is 0 Å². The maximum absolute atomic E-state index is 11.5. The maximum Gasteiger partial charge on any atom is 0.323 e. The standard InChI is InChI=1S/C13H26N2O3/c1-4-15(8-9-18-3)11-6-5-7-13(10-11,14-2)12(16)17/h11,14H,4-10H2,1-3H3,(H,16,17). The molecule has 1 aliphatic carbocycles.